The van der Waals surface area contributed by atoms with Crippen molar-refractivity contribution in [3.05, 3.63) is 46.8 Å². The van der Waals surface area contributed by atoms with E-state index >= 15 is 0 Å². The molecule has 0 spiro atoms. The largest absolute Gasteiger partial charge is 0.373 e. The van der Waals surface area contributed by atoms with E-state index in [1.807, 2.05) is 29.3 Å². The van der Waals surface area contributed by atoms with Crippen molar-refractivity contribution < 1.29 is 4.79 Å². The number of hydrogen-bond donors (Lipinski definition) is 3. The third-order valence-corrected chi connectivity index (χ3v) is 6.93. The first-order valence-electron chi connectivity index (χ1n) is 11.1. The standard InChI is InChI=1S/C23H26Cl2N6O/c1-13-19(30-22-18-6-7-26-21(18)27-12-28-22)3-2-8-31(13)23(32)20(14-4-5-14)29-17-10-15(24)9-16(25)11-17/h6-7,9-14,19-20,29H,2-5,8H2,1H3,(H2,26,27,28,30)/t13?,19?,20-/m1/s1. The van der Waals surface area contributed by atoms with Gasteiger partial charge in [0.05, 0.1) is 5.39 Å². The van der Waals surface area contributed by atoms with Crippen LogP contribution in [0.15, 0.2) is 36.8 Å². The Balaban J connectivity index is 1.33. The highest BCUT2D eigenvalue weighted by Crippen LogP contribution is 2.37. The van der Waals surface area contributed by atoms with E-state index < -0.39 is 0 Å². The molecule has 0 bridgehead atoms. The van der Waals surface area contributed by atoms with Gasteiger partial charge in [0.2, 0.25) is 5.91 Å². The van der Waals surface area contributed by atoms with Crippen molar-refractivity contribution in [2.45, 2.75) is 50.7 Å². The Bertz CT molecular complexity index is 1110. The Morgan fingerprint density at radius 2 is 1.97 bits per heavy atom. The molecule has 3 atom stereocenters. The monoisotopic (exact) mass is 472 g/mol. The molecule has 1 saturated carbocycles. The molecule has 1 aliphatic carbocycles. The lowest BCUT2D eigenvalue weighted by Gasteiger charge is -2.41. The van der Waals surface area contributed by atoms with Gasteiger partial charge in [-0.25, -0.2) is 9.97 Å². The van der Waals surface area contributed by atoms with Crippen LogP contribution in [0.3, 0.4) is 0 Å². The molecule has 3 N–H and O–H groups in total. The van der Waals surface area contributed by atoms with Crippen LogP contribution < -0.4 is 10.6 Å². The molecule has 3 heterocycles. The number of halogens is 2. The predicted molar refractivity (Wildman–Crippen MR) is 128 cm³/mol. The Morgan fingerprint density at radius 1 is 1.19 bits per heavy atom. The number of amides is 1. The second kappa shape index (κ2) is 8.79. The molecule has 2 fully saturated rings. The molecular weight excluding hydrogens is 447 g/mol. The molecule has 2 aromatic heterocycles. The van der Waals surface area contributed by atoms with Crippen molar-refractivity contribution in [2.24, 2.45) is 5.92 Å². The lowest BCUT2D eigenvalue weighted by atomic mass is 9.95. The van der Waals surface area contributed by atoms with Crippen LogP contribution in [0.25, 0.3) is 11.0 Å². The molecule has 1 aliphatic heterocycles. The molecule has 2 unspecified atom stereocenters. The number of fused-ring (bicyclic) bond motifs is 1. The minimum absolute atomic E-state index is 0.0335. The molecule has 0 radical (unpaired) electrons. The predicted octanol–water partition coefficient (Wildman–Crippen LogP) is 4.95. The average Bonchev–Trinajstić information content (AvgIpc) is 3.48. The molecule has 5 rings (SSSR count). The molecule has 32 heavy (non-hydrogen) atoms. The number of nitrogens with zero attached hydrogens (tertiary/aromatic N) is 3. The molecule has 2 aliphatic rings. The summed E-state index contributed by atoms with van der Waals surface area (Å²) < 4.78 is 0. The van der Waals surface area contributed by atoms with Crippen molar-refractivity contribution in [1.82, 2.24) is 19.9 Å². The Hall–Kier alpha value is -2.51. The van der Waals surface area contributed by atoms with E-state index in [2.05, 4.69) is 32.5 Å². The van der Waals surface area contributed by atoms with E-state index in [0.717, 1.165) is 54.8 Å². The number of hydrogen-bond acceptors (Lipinski definition) is 5. The van der Waals surface area contributed by atoms with Crippen LogP contribution in [0.1, 0.15) is 32.6 Å². The van der Waals surface area contributed by atoms with Crippen molar-refractivity contribution in [3.8, 4) is 0 Å². The lowest BCUT2D eigenvalue weighted by Crippen LogP contribution is -2.56. The maximum atomic E-state index is 13.7. The highest BCUT2D eigenvalue weighted by atomic mass is 35.5. The van der Waals surface area contributed by atoms with Crippen LogP contribution >= 0.6 is 23.2 Å². The number of rotatable bonds is 6. The summed E-state index contributed by atoms with van der Waals surface area (Å²) in [5.41, 5.74) is 1.58. The van der Waals surface area contributed by atoms with Gasteiger partial charge < -0.3 is 20.5 Å². The van der Waals surface area contributed by atoms with Gasteiger partial charge in [0.25, 0.3) is 0 Å². The third-order valence-electron chi connectivity index (χ3n) is 6.49. The van der Waals surface area contributed by atoms with Gasteiger partial charge in [-0.2, -0.15) is 0 Å². The summed E-state index contributed by atoms with van der Waals surface area (Å²) in [6.45, 7) is 2.87. The van der Waals surface area contributed by atoms with Gasteiger partial charge in [0, 0.05) is 40.6 Å². The van der Waals surface area contributed by atoms with Crippen molar-refractivity contribution in [1.29, 1.82) is 0 Å². The molecule has 7 nitrogen and oxygen atoms in total. The topological polar surface area (TPSA) is 85.9 Å². The number of likely N-dealkylation sites (tertiary alicyclic amines) is 1. The molecular formula is C23H26Cl2N6O. The second-order valence-electron chi connectivity index (χ2n) is 8.75. The van der Waals surface area contributed by atoms with Gasteiger partial charge in [0.15, 0.2) is 0 Å². The summed E-state index contributed by atoms with van der Waals surface area (Å²) in [6, 6.07) is 7.17. The molecule has 9 heteroatoms. The van der Waals surface area contributed by atoms with Gasteiger partial charge in [0.1, 0.15) is 23.8 Å². The summed E-state index contributed by atoms with van der Waals surface area (Å²) in [5, 5.41) is 9.06. The lowest BCUT2D eigenvalue weighted by molar-refractivity contribution is -0.136. The fourth-order valence-corrected chi connectivity index (χ4v) is 5.14. The summed E-state index contributed by atoms with van der Waals surface area (Å²) in [4.78, 5) is 27.5. The van der Waals surface area contributed by atoms with Crippen LogP contribution in [0.4, 0.5) is 11.5 Å². The minimum atomic E-state index is -0.277. The van der Waals surface area contributed by atoms with E-state index in [-0.39, 0.29) is 24.0 Å². The molecule has 1 aromatic carbocycles. The van der Waals surface area contributed by atoms with Crippen LogP contribution in [0, 0.1) is 5.92 Å². The third kappa shape index (κ3) is 4.36. The number of carbonyl (C=O) groups excluding carboxylic acids is 1. The minimum Gasteiger partial charge on any atom is -0.373 e. The van der Waals surface area contributed by atoms with Crippen molar-refractivity contribution in [2.75, 3.05) is 17.2 Å². The fourth-order valence-electron chi connectivity index (χ4n) is 4.62. The summed E-state index contributed by atoms with van der Waals surface area (Å²) in [7, 11) is 0. The normalized spacial score (nSPS) is 22.0. The maximum absolute atomic E-state index is 13.7. The zero-order valence-corrected chi connectivity index (χ0v) is 19.3. The SMILES string of the molecule is CC1C(Nc2ncnc3[nH]ccc23)CCCN1C(=O)[C@H](Nc1cc(Cl)cc(Cl)c1)C1CC1. The summed E-state index contributed by atoms with van der Waals surface area (Å²) in [5.74, 6) is 1.27. The van der Waals surface area contributed by atoms with E-state index in [9.17, 15) is 4.79 Å². The Morgan fingerprint density at radius 3 is 2.72 bits per heavy atom. The number of aromatic amines is 1. The van der Waals surface area contributed by atoms with Crippen molar-refractivity contribution >= 4 is 51.6 Å². The van der Waals surface area contributed by atoms with Crippen LogP contribution in [0.5, 0.6) is 0 Å². The van der Waals surface area contributed by atoms with Gasteiger partial charge in [-0.3, -0.25) is 4.79 Å². The molecule has 3 aromatic rings. The number of benzene rings is 1. The van der Waals surface area contributed by atoms with E-state index in [0.29, 0.717) is 16.0 Å². The highest BCUT2D eigenvalue weighted by Gasteiger charge is 2.41. The van der Waals surface area contributed by atoms with E-state index in [1.54, 1.807) is 12.4 Å². The quantitative estimate of drug-likeness (QED) is 0.472. The number of nitrogens with one attached hydrogen (secondary N) is 3. The zero-order chi connectivity index (χ0) is 22.2. The number of H-pyrrole nitrogens is 1. The molecule has 168 valence electrons. The van der Waals surface area contributed by atoms with Crippen LogP contribution in [0.2, 0.25) is 10.0 Å². The second-order valence-corrected chi connectivity index (χ2v) is 9.62. The molecule has 1 amide bonds. The van der Waals surface area contributed by atoms with E-state index in [4.69, 9.17) is 23.2 Å². The molecule has 1 saturated heterocycles. The Labute approximate surface area is 196 Å². The Kier molecular flexibility index (Phi) is 5.86. The van der Waals surface area contributed by atoms with E-state index in [1.165, 1.54) is 0 Å². The van der Waals surface area contributed by atoms with Gasteiger partial charge in [-0.05, 0) is 62.8 Å². The number of aromatic nitrogens is 3. The maximum Gasteiger partial charge on any atom is 0.245 e. The highest BCUT2D eigenvalue weighted by molar-refractivity contribution is 6.35. The van der Waals surface area contributed by atoms with Gasteiger partial charge in [-0.15, -0.1) is 0 Å². The average molecular weight is 473 g/mol. The number of anilines is 2. The zero-order valence-electron chi connectivity index (χ0n) is 17.8. The number of piperidine rings is 1. The summed E-state index contributed by atoms with van der Waals surface area (Å²) in [6.07, 6.45) is 7.43. The fraction of sp³-hybridized carbons (Fsp3) is 0.435. The van der Waals surface area contributed by atoms with Crippen LogP contribution in [-0.4, -0.2) is 50.4 Å². The first-order valence-corrected chi connectivity index (χ1v) is 11.8. The first-order chi connectivity index (χ1) is 15.5. The summed E-state index contributed by atoms with van der Waals surface area (Å²) >= 11 is 12.3. The smallest absolute Gasteiger partial charge is 0.245 e. The van der Waals surface area contributed by atoms with Crippen LogP contribution in [-0.2, 0) is 4.79 Å². The first kappa shape index (κ1) is 21.3. The van der Waals surface area contributed by atoms with Gasteiger partial charge >= 0.3 is 0 Å². The van der Waals surface area contributed by atoms with Crippen molar-refractivity contribution in [3.63, 3.8) is 0 Å². The number of carbonyl (C=O) groups is 1. The van der Waals surface area contributed by atoms with Gasteiger partial charge in [-0.1, -0.05) is 23.2 Å².